The highest BCUT2D eigenvalue weighted by molar-refractivity contribution is 6.21. The van der Waals surface area contributed by atoms with E-state index in [-0.39, 0.29) is 17.2 Å². The molecule has 1 aromatic carbocycles. The number of carbonyl (C=O) groups is 2. The van der Waals surface area contributed by atoms with E-state index in [1.165, 1.54) is 31.3 Å². The second kappa shape index (κ2) is 5.64. The molecule has 2 atom stereocenters. The standard InChI is InChI=1S/C21H25NO4/c1-26-20(25)17(21-9-12-6-13(10-21)8-14(7-12)11-21)22-18(23)15-4-2-3-5-16(15)19(22)24/h2-5,12-14,17,20,25H,6-11H2,1H3/t12?,13?,14?,17-,20?,21?/m1/s1. The summed E-state index contributed by atoms with van der Waals surface area (Å²) in [6, 6.07) is 6.35. The zero-order valence-corrected chi connectivity index (χ0v) is 15.1. The fraction of sp³-hybridized carbons (Fsp3) is 0.619. The summed E-state index contributed by atoms with van der Waals surface area (Å²) in [6.07, 6.45) is 5.59. The van der Waals surface area contributed by atoms with Gasteiger partial charge in [-0.15, -0.1) is 0 Å². The quantitative estimate of drug-likeness (QED) is 0.666. The van der Waals surface area contributed by atoms with E-state index in [2.05, 4.69) is 0 Å². The number of amides is 2. The van der Waals surface area contributed by atoms with Crippen LogP contribution < -0.4 is 0 Å². The van der Waals surface area contributed by atoms with Gasteiger partial charge in [-0.05, 0) is 73.8 Å². The van der Waals surface area contributed by atoms with Gasteiger partial charge < -0.3 is 9.84 Å². The molecule has 5 aliphatic rings. The molecule has 1 aromatic rings. The summed E-state index contributed by atoms with van der Waals surface area (Å²) in [6.45, 7) is 0. The highest BCUT2D eigenvalue weighted by Crippen LogP contribution is 2.62. The number of carbonyl (C=O) groups excluding carboxylic acids is 2. The Morgan fingerprint density at radius 3 is 1.88 bits per heavy atom. The third kappa shape index (κ3) is 2.16. The molecule has 0 aromatic heterocycles. The highest BCUT2D eigenvalue weighted by Gasteiger charge is 2.60. The van der Waals surface area contributed by atoms with E-state index in [0.717, 1.165) is 19.3 Å². The molecule has 4 aliphatic carbocycles. The van der Waals surface area contributed by atoms with Crippen molar-refractivity contribution in [2.24, 2.45) is 23.2 Å². The summed E-state index contributed by atoms with van der Waals surface area (Å²) >= 11 is 0. The monoisotopic (exact) mass is 355 g/mol. The maximum Gasteiger partial charge on any atom is 0.262 e. The lowest BCUT2D eigenvalue weighted by Gasteiger charge is -2.60. The predicted octanol–water partition coefficient (Wildman–Crippen LogP) is 2.83. The molecule has 1 unspecified atom stereocenters. The SMILES string of the molecule is COC(O)[C@@H](N1C(=O)c2ccccc2C1=O)C12CC3CC(CC(C3)C1)C2. The van der Waals surface area contributed by atoms with E-state index in [4.69, 9.17) is 4.74 Å². The normalized spacial score (nSPS) is 37.2. The minimum Gasteiger partial charge on any atom is -0.366 e. The molecule has 5 heteroatoms. The van der Waals surface area contributed by atoms with Gasteiger partial charge >= 0.3 is 0 Å². The van der Waals surface area contributed by atoms with Crippen molar-refractivity contribution in [1.82, 2.24) is 4.90 Å². The van der Waals surface area contributed by atoms with Crippen LogP contribution in [0.15, 0.2) is 24.3 Å². The first kappa shape index (κ1) is 16.5. The Balaban J connectivity index is 1.58. The molecule has 1 heterocycles. The third-order valence-corrected chi connectivity index (χ3v) is 7.33. The first-order chi connectivity index (χ1) is 12.5. The molecule has 0 saturated heterocycles. The Morgan fingerprint density at radius 2 is 1.46 bits per heavy atom. The van der Waals surface area contributed by atoms with Gasteiger partial charge in [-0.25, -0.2) is 0 Å². The van der Waals surface area contributed by atoms with Crippen LogP contribution in [0.25, 0.3) is 0 Å². The molecule has 0 spiro atoms. The van der Waals surface area contributed by atoms with Crippen LogP contribution in [0.2, 0.25) is 0 Å². The van der Waals surface area contributed by atoms with Crippen molar-refractivity contribution in [2.45, 2.75) is 50.9 Å². The van der Waals surface area contributed by atoms with Crippen molar-refractivity contribution in [3.63, 3.8) is 0 Å². The van der Waals surface area contributed by atoms with Crippen LogP contribution in [-0.2, 0) is 4.74 Å². The Kier molecular flexibility index (Phi) is 3.57. The zero-order chi connectivity index (χ0) is 18.1. The molecule has 1 N–H and O–H groups in total. The van der Waals surface area contributed by atoms with Gasteiger partial charge in [0.05, 0.1) is 17.2 Å². The van der Waals surface area contributed by atoms with Gasteiger partial charge in [-0.2, -0.15) is 0 Å². The number of imide groups is 1. The van der Waals surface area contributed by atoms with Crippen LogP contribution in [0, 0.1) is 23.2 Å². The van der Waals surface area contributed by atoms with Crippen molar-refractivity contribution in [3.05, 3.63) is 35.4 Å². The number of fused-ring (bicyclic) bond motifs is 1. The molecule has 4 fully saturated rings. The number of hydrogen-bond donors (Lipinski definition) is 1. The average molecular weight is 355 g/mol. The summed E-state index contributed by atoms with van der Waals surface area (Å²) in [4.78, 5) is 27.5. The van der Waals surface area contributed by atoms with Crippen LogP contribution in [0.4, 0.5) is 0 Å². The van der Waals surface area contributed by atoms with Crippen molar-refractivity contribution in [2.75, 3.05) is 7.11 Å². The maximum absolute atomic E-state index is 13.1. The molecule has 138 valence electrons. The number of aliphatic hydroxyl groups is 1. The molecule has 0 radical (unpaired) electrons. The van der Waals surface area contributed by atoms with Crippen molar-refractivity contribution < 1.29 is 19.4 Å². The van der Waals surface area contributed by atoms with Crippen molar-refractivity contribution in [3.8, 4) is 0 Å². The van der Waals surface area contributed by atoms with E-state index in [1.54, 1.807) is 24.3 Å². The van der Waals surface area contributed by atoms with Crippen LogP contribution in [0.3, 0.4) is 0 Å². The largest absolute Gasteiger partial charge is 0.366 e. The fourth-order valence-electron chi connectivity index (χ4n) is 6.83. The summed E-state index contributed by atoms with van der Waals surface area (Å²) in [5.74, 6) is 1.39. The number of nitrogens with zero attached hydrogens (tertiary/aromatic N) is 1. The number of benzene rings is 1. The molecule has 6 rings (SSSR count). The van der Waals surface area contributed by atoms with Crippen molar-refractivity contribution in [1.29, 1.82) is 0 Å². The average Bonchev–Trinajstić information content (AvgIpc) is 2.86. The first-order valence-electron chi connectivity index (χ1n) is 9.70. The van der Waals surface area contributed by atoms with Crippen LogP contribution >= 0.6 is 0 Å². The van der Waals surface area contributed by atoms with Gasteiger partial charge in [0, 0.05) is 7.11 Å². The smallest absolute Gasteiger partial charge is 0.262 e. The van der Waals surface area contributed by atoms with E-state index in [1.807, 2.05) is 0 Å². The Hall–Kier alpha value is -1.72. The van der Waals surface area contributed by atoms with Gasteiger partial charge in [0.1, 0.15) is 0 Å². The number of hydrogen-bond acceptors (Lipinski definition) is 4. The second-order valence-corrected chi connectivity index (χ2v) is 8.88. The minimum absolute atomic E-state index is 0.211. The second-order valence-electron chi connectivity index (χ2n) is 8.88. The molecule has 4 bridgehead atoms. The zero-order valence-electron chi connectivity index (χ0n) is 15.1. The predicted molar refractivity (Wildman–Crippen MR) is 94.4 cm³/mol. The lowest BCUT2D eigenvalue weighted by atomic mass is 9.47. The van der Waals surface area contributed by atoms with E-state index < -0.39 is 12.3 Å². The molecule has 1 aliphatic heterocycles. The summed E-state index contributed by atoms with van der Waals surface area (Å²) in [5, 5.41) is 10.8. The highest BCUT2D eigenvalue weighted by atomic mass is 16.6. The van der Waals surface area contributed by atoms with Gasteiger partial charge in [0.15, 0.2) is 6.29 Å². The molecule has 2 amide bonds. The summed E-state index contributed by atoms with van der Waals surface area (Å²) < 4.78 is 5.32. The van der Waals surface area contributed by atoms with E-state index >= 15 is 0 Å². The van der Waals surface area contributed by atoms with Crippen LogP contribution in [0.5, 0.6) is 0 Å². The Morgan fingerprint density at radius 1 is 1.00 bits per heavy atom. The summed E-state index contributed by atoms with van der Waals surface area (Å²) in [5.41, 5.74) is 0.670. The third-order valence-electron chi connectivity index (χ3n) is 7.33. The molecule has 26 heavy (non-hydrogen) atoms. The van der Waals surface area contributed by atoms with Gasteiger partial charge in [-0.3, -0.25) is 14.5 Å². The molecular weight excluding hydrogens is 330 g/mol. The first-order valence-corrected chi connectivity index (χ1v) is 9.70. The van der Waals surface area contributed by atoms with E-state index in [9.17, 15) is 14.7 Å². The topological polar surface area (TPSA) is 66.8 Å². The maximum atomic E-state index is 13.1. The van der Waals surface area contributed by atoms with Crippen molar-refractivity contribution >= 4 is 11.8 Å². The molecular formula is C21H25NO4. The fourth-order valence-corrected chi connectivity index (χ4v) is 6.83. The Labute approximate surface area is 153 Å². The number of methoxy groups -OCH3 is 1. The van der Waals surface area contributed by atoms with E-state index in [0.29, 0.717) is 28.9 Å². The minimum atomic E-state index is -1.14. The number of ether oxygens (including phenoxy) is 1. The van der Waals surface area contributed by atoms with Gasteiger partial charge in [0.2, 0.25) is 0 Å². The van der Waals surface area contributed by atoms with Gasteiger partial charge in [-0.1, -0.05) is 12.1 Å². The summed E-state index contributed by atoms with van der Waals surface area (Å²) in [7, 11) is 1.45. The van der Waals surface area contributed by atoms with Crippen LogP contribution in [0.1, 0.15) is 59.2 Å². The number of rotatable bonds is 4. The Bertz CT molecular complexity index is 703. The lowest BCUT2D eigenvalue weighted by Crippen LogP contribution is -2.62. The van der Waals surface area contributed by atoms with Gasteiger partial charge in [0.25, 0.3) is 11.8 Å². The number of aliphatic hydroxyl groups excluding tert-OH is 1. The lowest BCUT2D eigenvalue weighted by molar-refractivity contribution is -0.182. The molecule has 4 saturated carbocycles. The van der Waals surface area contributed by atoms with Crippen LogP contribution in [-0.4, -0.2) is 41.3 Å². The molecule has 5 nitrogen and oxygen atoms in total.